The van der Waals surface area contributed by atoms with Gasteiger partial charge in [-0.1, -0.05) is 0 Å². The van der Waals surface area contributed by atoms with Gasteiger partial charge in [0, 0.05) is 0 Å². The molecule has 14 heavy (non-hydrogen) atoms. The van der Waals surface area contributed by atoms with E-state index in [1.54, 1.807) is 0 Å². The van der Waals surface area contributed by atoms with Gasteiger partial charge >= 0.3 is 18.3 Å². The van der Waals surface area contributed by atoms with Gasteiger partial charge in [-0.25, -0.2) is 10.9 Å². The smallest absolute Gasteiger partial charge is 0.279 e. The lowest BCUT2D eigenvalue weighted by Gasteiger charge is -2.19. The second kappa shape index (κ2) is 3.44. The van der Waals surface area contributed by atoms with E-state index in [9.17, 15) is 31.1 Å². The number of nitrogens with one attached hydrogen (secondary N) is 1. The molecule has 0 bridgehead atoms. The summed E-state index contributed by atoms with van der Waals surface area (Å²) in [6.07, 6.45) is -11.0. The minimum atomic E-state index is -5.55. The van der Waals surface area contributed by atoms with Gasteiger partial charge in [0.2, 0.25) is 5.84 Å². The molecule has 0 spiro atoms. The molecule has 0 atom stereocenters. The summed E-state index contributed by atoms with van der Waals surface area (Å²) in [4.78, 5) is 10.1. The zero-order valence-corrected chi connectivity index (χ0v) is 6.20. The fourth-order valence-corrected chi connectivity index (χ4v) is 0.375. The van der Waals surface area contributed by atoms with E-state index in [1.807, 2.05) is 0 Å². The lowest BCUT2D eigenvalue weighted by molar-refractivity contribution is -0.183. The van der Waals surface area contributed by atoms with Crippen LogP contribution in [0.1, 0.15) is 0 Å². The fraction of sp³-hybridized carbons (Fsp3) is 0.500. The normalized spacial score (nSPS) is 12.5. The summed E-state index contributed by atoms with van der Waals surface area (Å²) >= 11 is 0. The average Bonchev–Trinajstić information content (AvgIpc) is 1.97. The lowest BCUT2D eigenvalue weighted by Crippen LogP contribution is -2.53. The molecule has 0 aliphatic heterocycles. The fourth-order valence-electron chi connectivity index (χ4n) is 0.375. The van der Waals surface area contributed by atoms with Crippen LogP contribution >= 0.6 is 0 Å². The molecule has 0 aromatic carbocycles. The van der Waals surface area contributed by atoms with Crippen molar-refractivity contribution in [3.8, 4) is 0 Å². The molecule has 0 fully saturated rings. The van der Waals surface area contributed by atoms with Gasteiger partial charge in [-0.05, 0) is 0 Å². The number of nitrogens with zero attached hydrogens (tertiary/aromatic N) is 1. The number of carbonyl (C=O) groups is 1. The molecule has 1 amide bonds. The second-order valence-electron chi connectivity index (χ2n) is 2.02. The first kappa shape index (κ1) is 12.7. The quantitative estimate of drug-likeness (QED) is 0.159. The van der Waals surface area contributed by atoms with Crippen LogP contribution in [0.5, 0.6) is 0 Å². The molecular formula is C4H3F6N3O. The summed E-state index contributed by atoms with van der Waals surface area (Å²) in [7, 11) is 0. The molecule has 0 radical (unpaired) electrons. The van der Waals surface area contributed by atoms with E-state index >= 15 is 0 Å². The van der Waals surface area contributed by atoms with Crippen molar-refractivity contribution in [2.75, 3.05) is 0 Å². The van der Waals surface area contributed by atoms with Crippen molar-refractivity contribution >= 4 is 11.7 Å². The van der Waals surface area contributed by atoms with Gasteiger partial charge in [-0.3, -0.25) is 10.2 Å². The van der Waals surface area contributed by atoms with Crippen molar-refractivity contribution in [2.45, 2.75) is 12.4 Å². The third kappa shape index (κ3) is 2.87. The summed E-state index contributed by atoms with van der Waals surface area (Å²) < 4.78 is 69.3. The highest BCUT2D eigenvalue weighted by atomic mass is 19.4. The monoisotopic (exact) mass is 223 g/mol. The number of hydrazine groups is 1. The Bertz CT molecular complexity index is 229. The number of amidine groups is 1. The van der Waals surface area contributed by atoms with Crippen LogP contribution in [0.2, 0.25) is 0 Å². The highest BCUT2D eigenvalue weighted by molar-refractivity contribution is 6.00. The van der Waals surface area contributed by atoms with Crippen LogP contribution in [-0.4, -0.2) is 29.1 Å². The zero-order valence-electron chi connectivity index (χ0n) is 6.20. The molecule has 82 valence electrons. The summed E-state index contributed by atoms with van der Waals surface area (Å²) in [6.45, 7) is 0. The Kier molecular flexibility index (Phi) is 3.12. The third-order valence-corrected chi connectivity index (χ3v) is 0.971. The van der Waals surface area contributed by atoms with E-state index in [0.717, 1.165) is 0 Å². The Labute approximate surface area is 72.7 Å². The molecule has 4 nitrogen and oxygen atoms in total. The number of hydrogen-bond acceptors (Lipinski definition) is 3. The first-order chi connectivity index (χ1) is 5.98. The van der Waals surface area contributed by atoms with E-state index in [-0.39, 0.29) is 0 Å². The Morgan fingerprint density at radius 1 is 1.07 bits per heavy atom. The van der Waals surface area contributed by atoms with E-state index in [4.69, 9.17) is 5.41 Å². The van der Waals surface area contributed by atoms with Gasteiger partial charge in [0.15, 0.2) is 0 Å². The van der Waals surface area contributed by atoms with Crippen molar-refractivity contribution in [1.82, 2.24) is 5.01 Å². The molecule has 0 heterocycles. The molecule has 0 saturated carbocycles. The largest absolute Gasteiger partial charge is 0.473 e. The van der Waals surface area contributed by atoms with Crippen LogP contribution in [0, 0.1) is 5.41 Å². The van der Waals surface area contributed by atoms with Crippen LogP contribution in [-0.2, 0) is 4.79 Å². The van der Waals surface area contributed by atoms with Gasteiger partial charge in [-0.2, -0.15) is 26.3 Å². The van der Waals surface area contributed by atoms with Crippen LogP contribution in [0.25, 0.3) is 0 Å². The predicted molar refractivity (Wildman–Crippen MR) is 30.9 cm³/mol. The van der Waals surface area contributed by atoms with Gasteiger partial charge in [0.1, 0.15) is 0 Å². The molecule has 0 rings (SSSR count). The Morgan fingerprint density at radius 2 is 1.43 bits per heavy atom. The Morgan fingerprint density at radius 3 is 1.64 bits per heavy atom. The van der Waals surface area contributed by atoms with Crippen molar-refractivity contribution in [3.63, 3.8) is 0 Å². The molecule has 10 heteroatoms. The SMILES string of the molecule is N=C(N(N)C(=O)C(F)(F)F)C(F)(F)F. The first-order valence-electron chi connectivity index (χ1n) is 2.79. The van der Waals surface area contributed by atoms with Gasteiger partial charge < -0.3 is 0 Å². The molecule has 0 unspecified atom stereocenters. The second-order valence-corrected chi connectivity index (χ2v) is 2.02. The van der Waals surface area contributed by atoms with Crippen LogP contribution < -0.4 is 5.84 Å². The zero-order chi connectivity index (χ0) is 11.7. The Balaban J connectivity index is 4.74. The number of hydrogen-bond donors (Lipinski definition) is 2. The molecule has 0 aliphatic carbocycles. The number of alkyl halides is 6. The van der Waals surface area contributed by atoms with Gasteiger partial charge in [-0.15, -0.1) is 0 Å². The lowest BCUT2D eigenvalue weighted by atomic mass is 10.5. The van der Waals surface area contributed by atoms with Crippen LogP contribution in [0.3, 0.4) is 0 Å². The van der Waals surface area contributed by atoms with Crippen molar-refractivity contribution in [3.05, 3.63) is 0 Å². The topological polar surface area (TPSA) is 70.2 Å². The summed E-state index contributed by atoms with van der Waals surface area (Å²) in [5.41, 5.74) is 0. The highest BCUT2D eigenvalue weighted by Crippen LogP contribution is 2.22. The van der Waals surface area contributed by atoms with Crippen LogP contribution in [0.15, 0.2) is 0 Å². The maximum Gasteiger partial charge on any atom is 0.473 e. The number of carbonyl (C=O) groups excluding carboxylic acids is 1. The number of rotatable bonds is 0. The maximum absolute atomic E-state index is 11.6. The summed E-state index contributed by atoms with van der Waals surface area (Å²) in [5.74, 6) is -1.39. The third-order valence-electron chi connectivity index (χ3n) is 0.971. The van der Waals surface area contributed by atoms with Crippen molar-refractivity contribution < 1.29 is 31.1 Å². The predicted octanol–water partition coefficient (Wildman–Crippen LogP) is 0.791. The van der Waals surface area contributed by atoms with Gasteiger partial charge in [0.05, 0.1) is 0 Å². The van der Waals surface area contributed by atoms with E-state index in [0.29, 0.717) is 0 Å². The molecular weight excluding hydrogens is 220 g/mol. The molecule has 0 aliphatic rings. The Hall–Kier alpha value is -1.32. The standard InChI is InChI=1S/C4H3F6N3O/c5-3(6,7)1(11)13(12)2(14)4(8,9)10/h11H,12H2. The number of halogens is 6. The molecule has 0 aromatic heterocycles. The molecule has 0 saturated heterocycles. The molecule has 0 aromatic rings. The van der Waals surface area contributed by atoms with Crippen molar-refractivity contribution in [1.29, 1.82) is 5.41 Å². The van der Waals surface area contributed by atoms with Crippen LogP contribution in [0.4, 0.5) is 26.3 Å². The summed E-state index contributed by atoms with van der Waals surface area (Å²) in [6, 6.07) is 0. The maximum atomic E-state index is 11.6. The first-order valence-corrected chi connectivity index (χ1v) is 2.79. The average molecular weight is 223 g/mol. The van der Waals surface area contributed by atoms with Gasteiger partial charge in [0.25, 0.3) is 0 Å². The highest BCUT2D eigenvalue weighted by Gasteiger charge is 2.48. The van der Waals surface area contributed by atoms with E-state index in [2.05, 4.69) is 5.84 Å². The minimum Gasteiger partial charge on any atom is -0.279 e. The number of nitrogens with two attached hydrogens (primary N) is 1. The minimum absolute atomic E-state index is 1.31. The molecule has 3 N–H and O–H groups in total. The van der Waals surface area contributed by atoms with E-state index in [1.165, 1.54) is 0 Å². The number of amides is 1. The van der Waals surface area contributed by atoms with E-state index < -0.39 is 29.1 Å². The van der Waals surface area contributed by atoms with Crippen molar-refractivity contribution in [2.24, 2.45) is 5.84 Å². The summed E-state index contributed by atoms with van der Waals surface area (Å²) in [5, 5.41) is 4.81.